The number of hydrogen-bond donors (Lipinski definition) is 1. The second-order valence-electron chi connectivity index (χ2n) is 3.11. The average molecular weight is 204 g/mol. The van der Waals surface area contributed by atoms with Crippen LogP contribution in [0.3, 0.4) is 0 Å². The molecule has 1 rings (SSSR count). The summed E-state index contributed by atoms with van der Waals surface area (Å²) in [6.07, 6.45) is 4.53. The molecule has 0 aromatic carbocycles. The fraction of sp³-hybridized carbons (Fsp3) is 0.778. The van der Waals surface area contributed by atoms with Crippen molar-refractivity contribution in [1.82, 2.24) is 0 Å². The highest BCUT2D eigenvalue weighted by Crippen LogP contribution is 2.25. The van der Waals surface area contributed by atoms with E-state index < -0.39 is 0 Å². The van der Waals surface area contributed by atoms with Crippen LogP contribution in [0.2, 0.25) is 0 Å². The second-order valence-corrected chi connectivity index (χ2v) is 4.19. The molecule has 1 aliphatic heterocycles. The molecule has 0 radical (unpaired) electrons. The van der Waals surface area contributed by atoms with E-state index in [4.69, 9.17) is 9.47 Å². The van der Waals surface area contributed by atoms with Gasteiger partial charge < -0.3 is 14.6 Å². The zero-order valence-electron chi connectivity index (χ0n) is 8.19. The summed E-state index contributed by atoms with van der Waals surface area (Å²) in [5, 5.41) is 9.69. The molecule has 1 aliphatic rings. The van der Waals surface area contributed by atoms with E-state index in [0.717, 1.165) is 6.42 Å². The molecule has 0 saturated heterocycles. The first-order valence-corrected chi connectivity index (χ1v) is 5.59. The Balaban J connectivity index is 2.67. The number of methoxy groups -OCH3 is 1. The number of aliphatic hydroxyl groups excluding tert-OH is 1. The number of aliphatic hydroxyl groups is 1. The first kappa shape index (κ1) is 10.7. The number of rotatable bonds is 2. The normalized spacial score (nSPS) is 34.7. The summed E-state index contributed by atoms with van der Waals surface area (Å²) >= 11 is 1.74. The molecule has 0 aromatic heterocycles. The summed E-state index contributed by atoms with van der Waals surface area (Å²) in [5.41, 5.74) is 0. The van der Waals surface area contributed by atoms with Crippen molar-refractivity contribution >= 4 is 11.8 Å². The van der Waals surface area contributed by atoms with Gasteiger partial charge in [0.1, 0.15) is 6.10 Å². The van der Waals surface area contributed by atoms with Gasteiger partial charge in [-0.05, 0) is 19.6 Å². The molecule has 0 fully saturated rings. The van der Waals surface area contributed by atoms with Gasteiger partial charge in [-0.15, -0.1) is 0 Å². The van der Waals surface area contributed by atoms with E-state index in [1.54, 1.807) is 24.9 Å². The van der Waals surface area contributed by atoms with Crippen LogP contribution in [0.25, 0.3) is 0 Å². The molecule has 0 saturated carbocycles. The van der Waals surface area contributed by atoms with Crippen LogP contribution in [-0.4, -0.2) is 35.9 Å². The van der Waals surface area contributed by atoms with Gasteiger partial charge in [0.15, 0.2) is 0 Å². The third-order valence-electron chi connectivity index (χ3n) is 2.23. The van der Waals surface area contributed by atoms with Crippen molar-refractivity contribution in [2.45, 2.75) is 30.8 Å². The first-order chi connectivity index (χ1) is 6.17. The number of ether oxygens (including phenoxy) is 2. The molecule has 3 nitrogen and oxygen atoms in total. The van der Waals surface area contributed by atoms with Crippen LogP contribution >= 0.6 is 11.8 Å². The van der Waals surface area contributed by atoms with Gasteiger partial charge in [0.05, 0.1) is 6.10 Å². The highest BCUT2D eigenvalue weighted by atomic mass is 32.2. The van der Waals surface area contributed by atoms with Crippen LogP contribution in [0.5, 0.6) is 0 Å². The fourth-order valence-electron chi connectivity index (χ4n) is 1.41. The van der Waals surface area contributed by atoms with Gasteiger partial charge in [-0.2, -0.15) is 11.8 Å². The molecular weight excluding hydrogens is 188 g/mol. The van der Waals surface area contributed by atoms with E-state index in [-0.39, 0.29) is 18.2 Å². The minimum atomic E-state index is -0.0394. The Bertz CT molecular complexity index is 193. The van der Waals surface area contributed by atoms with Gasteiger partial charge in [-0.25, -0.2) is 0 Å². The van der Waals surface area contributed by atoms with Crippen molar-refractivity contribution in [2.75, 3.05) is 13.4 Å². The molecule has 4 heteroatoms. The highest BCUT2D eigenvalue weighted by molar-refractivity contribution is 7.99. The molecular formula is C9H16O3S. The lowest BCUT2D eigenvalue weighted by Crippen LogP contribution is -2.24. The fourth-order valence-corrected chi connectivity index (χ4v) is 2.23. The third kappa shape index (κ3) is 2.81. The van der Waals surface area contributed by atoms with Gasteiger partial charge >= 0.3 is 0 Å². The average Bonchev–Trinajstić information content (AvgIpc) is 2.23. The van der Waals surface area contributed by atoms with Crippen molar-refractivity contribution in [1.29, 1.82) is 0 Å². The Labute approximate surface area is 83.1 Å². The van der Waals surface area contributed by atoms with Crippen LogP contribution in [-0.2, 0) is 9.47 Å². The van der Waals surface area contributed by atoms with Gasteiger partial charge in [-0.1, -0.05) is 0 Å². The van der Waals surface area contributed by atoms with Crippen LogP contribution in [0, 0.1) is 0 Å². The molecule has 0 aromatic rings. The molecule has 0 bridgehead atoms. The van der Waals surface area contributed by atoms with Gasteiger partial charge in [0.25, 0.3) is 5.95 Å². The molecule has 3 unspecified atom stereocenters. The Kier molecular flexibility index (Phi) is 3.93. The molecule has 1 N–H and O–H groups in total. The van der Waals surface area contributed by atoms with E-state index in [1.165, 1.54) is 0 Å². The lowest BCUT2D eigenvalue weighted by atomic mass is 10.1. The van der Waals surface area contributed by atoms with E-state index in [2.05, 4.69) is 0 Å². The van der Waals surface area contributed by atoms with E-state index >= 15 is 0 Å². The van der Waals surface area contributed by atoms with Crippen molar-refractivity contribution in [3.05, 3.63) is 12.0 Å². The third-order valence-corrected chi connectivity index (χ3v) is 3.41. The second kappa shape index (κ2) is 4.77. The summed E-state index contributed by atoms with van der Waals surface area (Å²) in [6.45, 7) is 1.96. The minimum absolute atomic E-state index is 0.0177. The predicted molar refractivity (Wildman–Crippen MR) is 54.0 cm³/mol. The SMILES string of the molecule is COC1C=C(O)OC(C)C(SC)C1. The molecule has 76 valence electrons. The zero-order valence-corrected chi connectivity index (χ0v) is 9.00. The molecule has 1 heterocycles. The molecule has 0 amide bonds. The molecule has 0 spiro atoms. The summed E-state index contributed by atoms with van der Waals surface area (Å²) in [5.74, 6) is -0.0177. The van der Waals surface area contributed by atoms with Gasteiger partial charge in [0, 0.05) is 18.4 Å². The molecule has 0 aliphatic carbocycles. The quantitative estimate of drug-likeness (QED) is 0.746. The maximum absolute atomic E-state index is 9.32. The first-order valence-electron chi connectivity index (χ1n) is 4.30. The lowest BCUT2D eigenvalue weighted by Gasteiger charge is -2.20. The van der Waals surface area contributed by atoms with Gasteiger partial charge in [-0.3, -0.25) is 0 Å². The Morgan fingerprint density at radius 1 is 1.69 bits per heavy atom. The Morgan fingerprint density at radius 2 is 2.38 bits per heavy atom. The molecule has 13 heavy (non-hydrogen) atoms. The van der Waals surface area contributed by atoms with Crippen LogP contribution in [0.4, 0.5) is 0 Å². The summed E-state index contributed by atoms with van der Waals surface area (Å²) in [4.78, 5) is 0. The van der Waals surface area contributed by atoms with Crippen LogP contribution in [0.15, 0.2) is 12.0 Å². The maximum Gasteiger partial charge on any atom is 0.275 e. The largest absolute Gasteiger partial charge is 0.481 e. The summed E-state index contributed by atoms with van der Waals surface area (Å²) in [7, 11) is 1.64. The maximum atomic E-state index is 9.32. The monoisotopic (exact) mass is 204 g/mol. The van der Waals surface area contributed by atoms with Crippen molar-refractivity contribution < 1.29 is 14.6 Å². The van der Waals surface area contributed by atoms with Crippen molar-refractivity contribution in [3.8, 4) is 0 Å². The van der Waals surface area contributed by atoms with Crippen molar-refractivity contribution in [2.24, 2.45) is 0 Å². The van der Waals surface area contributed by atoms with Gasteiger partial charge in [0.2, 0.25) is 0 Å². The number of thioether (sulfide) groups is 1. The smallest absolute Gasteiger partial charge is 0.275 e. The Morgan fingerprint density at radius 3 is 2.92 bits per heavy atom. The van der Waals surface area contributed by atoms with Crippen LogP contribution < -0.4 is 0 Å². The van der Waals surface area contributed by atoms with Crippen molar-refractivity contribution in [3.63, 3.8) is 0 Å². The van der Waals surface area contributed by atoms with E-state index in [9.17, 15) is 5.11 Å². The summed E-state index contributed by atoms with van der Waals surface area (Å²) in [6, 6.07) is 0. The number of hydrogen-bond acceptors (Lipinski definition) is 4. The Hall–Kier alpha value is -0.350. The highest BCUT2D eigenvalue weighted by Gasteiger charge is 2.26. The topological polar surface area (TPSA) is 38.7 Å². The minimum Gasteiger partial charge on any atom is -0.481 e. The predicted octanol–water partition coefficient (Wildman–Crippen LogP) is 1.94. The van der Waals surface area contributed by atoms with E-state index in [1.807, 2.05) is 13.2 Å². The van der Waals surface area contributed by atoms with Crippen LogP contribution in [0.1, 0.15) is 13.3 Å². The lowest BCUT2D eigenvalue weighted by molar-refractivity contribution is 0.0451. The molecule has 3 atom stereocenters. The standard InChI is InChI=1S/C9H16O3S/c1-6-8(13-3)4-7(11-2)5-9(10)12-6/h5-8,10H,4H2,1-3H3. The zero-order chi connectivity index (χ0) is 9.84. The van der Waals surface area contributed by atoms with E-state index in [0.29, 0.717) is 5.25 Å². The summed E-state index contributed by atoms with van der Waals surface area (Å²) < 4.78 is 10.5.